The highest BCUT2D eigenvalue weighted by Gasteiger charge is 2.41. The summed E-state index contributed by atoms with van der Waals surface area (Å²) in [5.41, 5.74) is 3.75. The van der Waals surface area contributed by atoms with Crippen LogP contribution in [0.3, 0.4) is 0 Å². The van der Waals surface area contributed by atoms with E-state index in [-0.39, 0.29) is 17.9 Å². The summed E-state index contributed by atoms with van der Waals surface area (Å²) < 4.78 is 47.8. The van der Waals surface area contributed by atoms with Crippen LogP contribution in [-0.2, 0) is 19.0 Å². The fraction of sp³-hybridized carbons (Fsp3) is 0.200. The Labute approximate surface area is 187 Å². The van der Waals surface area contributed by atoms with Crippen molar-refractivity contribution in [1.82, 2.24) is 9.78 Å². The first-order valence-corrected chi connectivity index (χ1v) is 10.5. The number of hydrogen-bond donors (Lipinski definition) is 1. The van der Waals surface area contributed by atoms with Crippen LogP contribution in [0.2, 0.25) is 0 Å². The molecule has 0 bridgehead atoms. The van der Waals surface area contributed by atoms with E-state index in [9.17, 15) is 18.0 Å². The molecular weight excluding hydrogens is 431 g/mol. The van der Waals surface area contributed by atoms with Gasteiger partial charge in [0.2, 0.25) is 0 Å². The first-order chi connectivity index (χ1) is 15.7. The Bertz CT molecular complexity index is 1360. The van der Waals surface area contributed by atoms with Gasteiger partial charge in [-0.15, -0.1) is 0 Å². The van der Waals surface area contributed by atoms with Crippen molar-refractivity contribution in [2.75, 3.05) is 5.32 Å². The molecule has 1 aliphatic carbocycles. The van der Waals surface area contributed by atoms with Crippen LogP contribution < -0.4 is 5.32 Å². The minimum atomic E-state index is -4.57. The lowest BCUT2D eigenvalue weighted by molar-refractivity contribution is -0.142. The lowest BCUT2D eigenvalue weighted by atomic mass is 9.94. The topological polar surface area (TPSA) is 60.1 Å². The van der Waals surface area contributed by atoms with Crippen LogP contribution in [-0.4, -0.2) is 15.7 Å². The van der Waals surface area contributed by atoms with Gasteiger partial charge >= 0.3 is 6.18 Å². The third-order valence-corrected chi connectivity index (χ3v) is 5.87. The van der Waals surface area contributed by atoms with Crippen LogP contribution in [0.25, 0.3) is 16.9 Å². The fourth-order valence-electron chi connectivity index (χ4n) is 4.18. The molecule has 4 aromatic rings. The maximum absolute atomic E-state index is 13.7. The van der Waals surface area contributed by atoms with Crippen LogP contribution in [0.5, 0.6) is 0 Å². The summed E-state index contributed by atoms with van der Waals surface area (Å²) in [5, 5.41) is 6.81. The van der Waals surface area contributed by atoms with E-state index < -0.39 is 11.9 Å². The van der Waals surface area contributed by atoms with Gasteiger partial charge < -0.3 is 9.73 Å². The number of carbonyl (C=O) groups is 1. The number of rotatable bonds is 3. The first-order valence-electron chi connectivity index (χ1n) is 10.5. The number of nitrogens with one attached hydrogen (secondary N) is 1. The number of amides is 1. The molecule has 0 saturated carbocycles. The SMILES string of the molecule is Cc1ccc(C)c(NC(=O)c2ccc(-n3nc(C(F)(F)F)c4c3-c3ccoc3CC4)cc2)c1. The molecule has 8 heteroatoms. The molecule has 0 fully saturated rings. The van der Waals surface area contributed by atoms with E-state index in [0.29, 0.717) is 40.4 Å². The van der Waals surface area contributed by atoms with Crippen molar-refractivity contribution in [2.45, 2.75) is 32.9 Å². The molecule has 2 aromatic heterocycles. The molecule has 0 radical (unpaired) electrons. The van der Waals surface area contributed by atoms with E-state index in [0.717, 1.165) is 11.1 Å². The maximum Gasteiger partial charge on any atom is 0.435 e. The number of alkyl halides is 3. The summed E-state index contributed by atoms with van der Waals surface area (Å²) >= 11 is 0. The number of nitrogens with zero attached hydrogens (tertiary/aromatic N) is 2. The Kier molecular flexibility index (Phi) is 4.88. The Balaban J connectivity index is 1.51. The zero-order valence-corrected chi connectivity index (χ0v) is 18.0. The molecule has 1 aliphatic rings. The average molecular weight is 451 g/mol. The number of carbonyl (C=O) groups excluding carboxylic acids is 1. The molecule has 5 nitrogen and oxygen atoms in total. The second-order valence-electron chi connectivity index (χ2n) is 8.16. The largest absolute Gasteiger partial charge is 0.469 e. The smallest absolute Gasteiger partial charge is 0.435 e. The van der Waals surface area contributed by atoms with Gasteiger partial charge in [0.05, 0.1) is 17.6 Å². The normalized spacial score (nSPS) is 12.9. The summed E-state index contributed by atoms with van der Waals surface area (Å²) in [6.07, 6.45) is -2.50. The highest BCUT2D eigenvalue weighted by molar-refractivity contribution is 6.04. The van der Waals surface area contributed by atoms with Gasteiger partial charge in [-0.3, -0.25) is 4.79 Å². The predicted octanol–water partition coefficient (Wildman–Crippen LogP) is 6.12. The summed E-state index contributed by atoms with van der Waals surface area (Å²) in [5.74, 6) is 0.341. The number of aryl methyl sites for hydroxylation is 3. The van der Waals surface area contributed by atoms with E-state index in [4.69, 9.17) is 4.42 Å². The van der Waals surface area contributed by atoms with Crippen molar-refractivity contribution in [3.8, 4) is 16.9 Å². The maximum atomic E-state index is 13.7. The minimum Gasteiger partial charge on any atom is -0.469 e. The molecular formula is C25H20F3N3O2. The number of benzene rings is 2. The van der Waals surface area contributed by atoms with Gasteiger partial charge in [0.15, 0.2) is 5.69 Å². The zero-order valence-electron chi connectivity index (χ0n) is 18.0. The van der Waals surface area contributed by atoms with Crippen molar-refractivity contribution in [3.63, 3.8) is 0 Å². The molecule has 33 heavy (non-hydrogen) atoms. The van der Waals surface area contributed by atoms with Crippen LogP contribution in [0, 0.1) is 13.8 Å². The van der Waals surface area contributed by atoms with Crippen LogP contribution in [0.1, 0.15) is 38.5 Å². The quantitative estimate of drug-likeness (QED) is 0.408. The van der Waals surface area contributed by atoms with Crippen molar-refractivity contribution in [2.24, 2.45) is 0 Å². The Morgan fingerprint density at radius 2 is 1.82 bits per heavy atom. The van der Waals surface area contributed by atoms with Crippen molar-refractivity contribution >= 4 is 11.6 Å². The standard InChI is InChI=1S/C25H20F3N3O2/c1-14-3-4-15(2)20(13-14)29-24(32)16-5-7-17(8-6-16)31-22-18-11-12-33-21(18)10-9-19(22)23(30-31)25(26,27)28/h3-8,11-13H,9-10H2,1-2H3,(H,29,32). The van der Waals surface area contributed by atoms with E-state index in [1.54, 1.807) is 30.3 Å². The second-order valence-corrected chi connectivity index (χ2v) is 8.16. The second kappa shape index (κ2) is 7.65. The zero-order chi connectivity index (χ0) is 23.3. The molecule has 0 spiro atoms. The number of furan rings is 1. The molecule has 2 heterocycles. The first kappa shape index (κ1) is 21.1. The Hall–Kier alpha value is -3.81. The summed E-state index contributed by atoms with van der Waals surface area (Å²) in [4.78, 5) is 12.7. The van der Waals surface area contributed by atoms with Crippen molar-refractivity contribution in [3.05, 3.63) is 88.5 Å². The van der Waals surface area contributed by atoms with Gasteiger partial charge in [0.25, 0.3) is 5.91 Å². The number of halogens is 3. The summed E-state index contributed by atoms with van der Waals surface area (Å²) in [7, 11) is 0. The third-order valence-electron chi connectivity index (χ3n) is 5.87. The van der Waals surface area contributed by atoms with Gasteiger partial charge in [0, 0.05) is 28.8 Å². The molecule has 0 saturated heterocycles. The Morgan fingerprint density at radius 1 is 1.06 bits per heavy atom. The lowest BCUT2D eigenvalue weighted by Crippen LogP contribution is -2.13. The van der Waals surface area contributed by atoms with Gasteiger partial charge in [-0.1, -0.05) is 12.1 Å². The molecule has 0 atom stereocenters. The van der Waals surface area contributed by atoms with E-state index in [1.165, 1.54) is 10.9 Å². The fourth-order valence-corrected chi connectivity index (χ4v) is 4.18. The average Bonchev–Trinajstić information content (AvgIpc) is 3.40. The number of fused-ring (bicyclic) bond motifs is 3. The van der Waals surface area contributed by atoms with Crippen LogP contribution >= 0.6 is 0 Å². The molecule has 168 valence electrons. The van der Waals surface area contributed by atoms with Crippen molar-refractivity contribution in [1.29, 1.82) is 0 Å². The summed E-state index contributed by atoms with van der Waals surface area (Å²) in [6, 6.07) is 13.8. The van der Waals surface area contributed by atoms with E-state index in [1.807, 2.05) is 32.0 Å². The van der Waals surface area contributed by atoms with Gasteiger partial charge in [0.1, 0.15) is 5.76 Å². The molecule has 1 amide bonds. The molecule has 2 aromatic carbocycles. The van der Waals surface area contributed by atoms with Crippen LogP contribution in [0.4, 0.5) is 18.9 Å². The number of anilines is 1. The monoisotopic (exact) mass is 451 g/mol. The van der Waals surface area contributed by atoms with E-state index in [2.05, 4.69) is 10.4 Å². The van der Waals surface area contributed by atoms with Crippen LogP contribution in [0.15, 0.2) is 59.2 Å². The number of aromatic nitrogens is 2. The van der Waals surface area contributed by atoms with Gasteiger partial charge in [-0.05, 0) is 67.8 Å². The van der Waals surface area contributed by atoms with Gasteiger partial charge in [-0.25, -0.2) is 4.68 Å². The molecule has 0 aliphatic heterocycles. The minimum absolute atomic E-state index is 0.160. The highest BCUT2D eigenvalue weighted by Crippen LogP contribution is 2.42. The number of hydrogen-bond acceptors (Lipinski definition) is 3. The van der Waals surface area contributed by atoms with E-state index >= 15 is 0 Å². The van der Waals surface area contributed by atoms with Crippen molar-refractivity contribution < 1.29 is 22.4 Å². The highest BCUT2D eigenvalue weighted by atomic mass is 19.4. The third kappa shape index (κ3) is 3.71. The molecule has 1 N–H and O–H groups in total. The van der Waals surface area contributed by atoms with Gasteiger partial charge in [-0.2, -0.15) is 18.3 Å². The molecule has 5 rings (SSSR count). The molecule has 0 unspecified atom stereocenters. The lowest BCUT2D eigenvalue weighted by Gasteiger charge is -2.15. The Morgan fingerprint density at radius 3 is 2.55 bits per heavy atom. The predicted molar refractivity (Wildman–Crippen MR) is 118 cm³/mol. The summed E-state index contributed by atoms with van der Waals surface area (Å²) in [6.45, 7) is 3.84.